The van der Waals surface area contributed by atoms with E-state index in [1.807, 2.05) is 6.21 Å². The SMILES string of the molecule is CCCCCCCCC/C=C/C(C=Nc1cc(CCC)cc(CCC)c1)=Nc1cc(CCC)cc(CCC)c1. The van der Waals surface area contributed by atoms with Crippen molar-refractivity contribution in [2.45, 2.75) is 137 Å². The minimum Gasteiger partial charge on any atom is -0.255 e. The molecule has 2 aromatic carbocycles. The van der Waals surface area contributed by atoms with Gasteiger partial charge in [-0.3, -0.25) is 4.99 Å². The van der Waals surface area contributed by atoms with E-state index in [2.05, 4.69) is 83.2 Å². The molecule has 0 heterocycles. The van der Waals surface area contributed by atoms with Gasteiger partial charge < -0.3 is 0 Å². The van der Waals surface area contributed by atoms with Crippen LogP contribution in [0.1, 0.15) is 134 Å². The molecule has 0 amide bonds. The Kier molecular flexibility index (Phi) is 17.1. The van der Waals surface area contributed by atoms with Gasteiger partial charge >= 0.3 is 0 Å². The summed E-state index contributed by atoms with van der Waals surface area (Å²) in [5.74, 6) is 0. The molecular formula is C37H56N2. The molecule has 0 aliphatic rings. The van der Waals surface area contributed by atoms with E-state index in [-0.39, 0.29) is 0 Å². The molecule has 0 spiro atoms. The monoisotopic (exact) mass is 528 g/mol. The van der Waals surface area contributed by atoms with Gasteiger partial charge in [0.25, 0.3) is 0 Å². The Labute approximate surface area is 241 Å². The first-order valence-electron chi connectivity index (χ1n) is 16.2. The summed E-state index contributed by atoms with van der Waals surface area (Å²) in [4.78, 5) is 10.1. The average Bonchev–Trinajstić information content (AvgIpc) is 2.91. The van der Waals surface area contributed by atoms with Gasteiger partial charge in [0.15, 0.2) is 0 Å². The Morgan fingerprint density at radius 1 is 0.538 bits per heavy atom. The van der Waals surface area contributed by atoms with E-state index in [1.165, 1.54) is 67.2 Å². The van der Waals surface area contributed by atoms with Crippen molar-refractivity contribution in [1.82, 2.24) is 0 Å². The number of hydrogen-bond donors (Lipinski definition) is 0. The lowest BCUT2D eigenvalue weighted by Gasteiger charge is -2.08. The number of benzene rings is 2. The van der Waals surface area contributed by atoms with Gasteiger partial charge in [-0.05, 0) is 91.1 Å². The molecule has 214 valence electrons. The van der Waals surface area contributed by atoms with Crippen LogP contribution in [0, 0.1) is 0 Å². The van der Waals surface area contributed by atoms with E-state index in [9.17, 15) is 0 Å². The van der Waals surface area contributed by atoms with Crippen LogP contribution in [0.3, 0.4) is 0 Å². The average molecular weight is 529 g/mol. The summed E-state index contributed by atoms with van der Waals surface area (Å²) in [6.45, 7) is 11.3. The number of allylic oxidation sites excluding steroid dienone is 2. The standard InChI is InChI=1S/C37H56N2/c1-6-11-12-13-14-15-16-17-18-23-35(39-37-28-33(21-9-4)25-34(29-37)22-10-5)30-38-36-26-31(19-7-2)24-32(27-36)20-8-3/h18,23-30H,6-17,19-22H2,1-5H3/b23-18+,38-30?,39-35?. The summed E-state index contributed by atoms with van der Waals surface area (Å²) in [6, 6.07) is 13.8. The topological polar surface area (TPSA) is 24.7 Å². The second-order valence-electron chi connectivity index (χ2n) is 11.1. The highest BCUT2D eigenvalue weighted by Crippen LogP contribution is 2.23. The highest BCUT2D eigenvalue weighted by atomic mass is 14.8. The van der Waals surface area contributed by atoms with Crippen LogP contribution in [-0.2, 0) is 25.7 Å². The lowest BCUT2D eigenvalue weighted by molar-refractivity contribution is 0.592. The highest BCUT2D eigenvalue weighted by molar-refractivity contribution is 6.36. The molecule has 0 radical (unpaired) electrons. The van der Waals surface area contributed by atoms with Gasteiger partial charge in [0.05, 0.1) is 23.3 Å². The molecule has 0 N–H and O–H groups in total. The van der Waals surface area contributed by atoms with Gasteiger partial charge in [0.2, 0.25) is 0 Å². The predicted octanol–water partition coefficient (Wildman–Crippen LogP) is 11.7. The molecule has 2 rings (SSSR count). The maximum atomic E-state index is 5.13. The van der Waals surface area contributed by atoms with Crippen molar-refractivity contribution in [3.63, 3.8) is 0 Å². The number of hydrogen-bond acceptors (Lipinski definition) is 2. The third-order valence-corrected chi connectivity index (χ3v) is 7.10. The Morgan fingerprint density at radius 2 is 1.00 bits per heavy atom. The van der Waals surface area contributed by atoms with Gasteiger partial charge in [0.1, 0.15) is 0 Å². The molecule has 2 nitrogen and oxygen atoms in total. The second kappa shape index (κ2) is 20.4. The Balaban J connectivity index is 2.28. The maximum Gasteiger partial charge on any atom is 0.0816 e. The molecule has 0 saturated carbocycles. The first-order chi connectivity index (χ1) is 19.1. The summed E-state index contributed by atoms with van der Waals surface area (Å²) >= 11 is 0. The zero-order valence-corrected chi connectivity index (χ0v) is 25.9. The minimum atomic E-state index is 0.937. The fourth-order valence-corrected chi connectivity index (χ4v) is 5.18. The molecule has 0 unspecified atom stereocenters. The van der Waals surface area contributed by atoms with Crippen LogP contribution in [0.25, 0.3) is 0 Å². The van der Waals surface area contributed by atoms with Gasteiger partial charge in [-0.2, -0.15) is 0 Å². The number of aliphatic imine (C=N–C) groups is 2. The number of unbranched alkanes of at least 4 members (excludes halogenated alkanes) is 7. The lowest BCUT2D eigenvalue weighted by atomic mass is 10.0. The molecule has 0 atom stereocenters. The van der Waals surface area contributed by atoms with Crippen molar-refractivity contribution in [2.75, 3.05) is 0 Å². The molecule has 2 aromatic rings. The maximum absolute atomic E-state index is 5.13. The van der Waals surface area contributed by atoms with E-state index in [0.717, 1.165) is 74.9 Å². The number of aryl methyl sites for hydroxylation is 4. The molecule has 2 heteroatoms. The summed E-state index contributed by atoms with van der Waals surface area (Å²) in [6.07, 6.45) is 26.0. The fraction of sp³-hybridized carbons (Fsp3) is 0.568. The van der Waals surface area contributed by atoms with Crippen molar-refractivity contribution in [3.05, 3.63) is 70.8 Å². The van der Waals surface area contributed by atoms with Crippen LogP contribution in [-0.4, -0.2) is 11.9 Å². The largest absolute Gasteiger partial charge is 0.255 e. The zero-order valence-electron chi connectivity index (χ0n) is 25.9. The Morgan fingerprint density at radius 3 is 1.49 bits per heavy atom. The van der Waals surface area contributed by atoms with Gasteiger partial charge in [-0.1, -0.05) is 117 Å². The fourth-order valence-electron chi connectivity index (χ4n) is 5.18. The van der Waals surface area contributed by atoms with Gasteiger partial charge in [-0.15, -0.1) is 0 Å². The van der Waals surface area contributed by atoms with Crippen molar-refractivity contribution >= 4 is 23.3 Å². The Bertz CT molecular complexity index is 979. The molecule has 0 aliphatic heterocycles. The van der Waals surface area contributed by atoms with Gasteiger partial charge in [-0.25, -0.2) is 4.99 Å². The molecule has 0 bridgehead atoms. The highest BCUT2D eigenvalue weighted by Gasteiger charge is 2.03. The molecular weight excluding hydrogens is 472 g/mol. The predicted molar refractivity (Wildman–Crippen MR) is 176 cm³/mol. The first-order valence-corrected chi connectivity index (χ1v) is 16.2. The number of rotatable bonds is 20. The van der Waals surface area contributed by atoms with E-state index >= 15 is 0 Å². The Hall–Kier alpha value is -2.48. The summed E-state index contributed by atoms with van der Waals surface area (Å²) < 4.78 is 0. The van der Waals surface area contributed by atoms with E-state index in [0.29, 0.717) is 0 Å². The summed E-state index contributed by atoms with van der Waals surface area (Å²) in [5.41, 5.74) is 8.60. The van der Waals surface area contributed by atoms with E-state index < -0.39 is 0 Å². The minimum absolute atomic E-state index is 0.937. The quantitative estimate of drug-likeness (QED) is 0.121. The van der Waals surface area contributed by atoms with Crippen LogP contribution in [0.2, 0.25) is 0 Å². The van der Waals surface area contributed by atoms with Gasteiger partial charge in [0, 0.05) is 0 Å². The lowest BCUT2D eigenvalue weighted by Crippen LogP contribution is -1.96. The van der Waals surface area contributed by atoms with Crippen LogP contribution < -0.4 is 0 Å². The van der Waals surface area contributed by atoms with Crippen LogP contribution in [0.4, 0.5) is 11.4 Å². The van der Waals surface area contributed by atoms with Crippen LogP contribution >= 0.6 is 0 Å². The van der Waals surface area contributed by atoms with Crippen molar-refractivity contribution in [2.24, 2.45) is 9.98 Å². The third kappa shape index (κ3) is 13.9. The third-order valence-electron chi connectivity index (χ3n) is 7.10. The molecule has 0 aromatic heterocycles. The zero-order chi connectivity index (χ0) is 28.1. The van der Waals surface area contributed by atoms with E-state index in [1.54, 1.807) is 0 Å². The summed E-state index contributed by atoms with van der Waals surface area (Å²) in [7, 11) is 0. The van der Waals surface area contributed by atoms with Crippen molar-refractivity contribution < 1.29 is 0 Å². The second-order valence-corrected chi connectivity index (χ2v) is 11.1. The van der Waals surface area contributed by atoms with Crippen LogP contribution in [0.5, 0.6) is 0 Å². The molecule has 39 heavy (non-hydrogen) atoms. The molecule has 0 saturated heterocycles. The summed E-state index contributed by atoms with van der Waals surface area (Å²) in [5, 5.41) is 0. The van der Waals surface area contributed by atoms with E-state index in [4.69, 9.17) is 9.98 Å². The molecule has 0 aliphatic carbocycles. The van der Waals surface area contributed by atoms with Crippen molar-refractivity contribution in [3.8, 4) is 0 Å². The number of nitrogens with zero attached hydrogens (tertiary/aromatic N) is 2. The van der Waals surface area contributed by atoms with Crippen LogP contribution in [0.15, 0.2) is 58.5 Å². The smallest absolute Gasteiger partial charge is 0.0816 e. The normalized spacial score (nSPS) is 12.3. The molecule has 0 fully saturated rings. The van der Waals surface area contributed by atoms with Crippen molar-refractivity contribution in [1.29, 1.82) is 0 Å². The first kappa shape index (κ1) is 32.7.